The predicted molar refractivity (Wildman–Crippen MR) is 230 cm³/mol. The topological polar surface area (TPSA) is 66.1 Å². The average molecular weight is 1150 g/mol. The largest absolute Gasteiger partial charge is 1.00 e. The van der Waals surface area contributed by atoms with Gasteiger partial charge in [0.2, 0.25) is 0 Å². The molecule has 2 aromatic carbocycles. The maximum atomic E-state index is 11.3. The van der Waals surface area contributed by atoms with Gasteiger partial charge in [-0.1, -0.05) is 74.5 Å². The van der Waals surface area contributed by atoms with Gasteiger partial charge in [0, 0.05) is 88.7 Å². The van der Waals surface area contributed by atoms with Crippen molar-refractivity contribution in [3.8, 4) is 0 Å². The van der Waals surface area contributed by atoms with Gasteiger partial charge in [-0.15, -0.1) is 0 Å². The Morgan fingerprint density at radius 2 is 1.28 bits per heavy atom. The number of carbonyl (C=O) groups excluding carboxylic acids is 1. The molecule has 1 amide bonds. The van der Waals surface area contributed by atoms with Gasteiger partial charge in [-0.25, -0.2) is 4.79 Å². The van der Waals surface area contributed by atoms with Crippen LogP contribution in [0.15, 0.2) is 60.7 Å². The molecule has 3 aliphatic heterocycles. The van der Waals surface area contributed by atoms with Gasteiger partial charge in [0.05, 0.1) is 7.11 Å². The standard InChI is InChI=1S/C15H22N2O2.C14H22N2.C4H8O.Al.I2.2HI.Li.V.4H/c1-12-8-9-17(10-13-6-4-3-5-7-13)11-14(12)16-15(18)19-2;1-12-8-9-16(11-14(12)15-2)10-13-6-4-3-5-7-13;1-2-4-5-3-1;;1-2;;;;;;;;/h3-7,12,14H,8-11H2,1-2H3,(H,16,18);3-7,12,14-15H,8-11H2,1-2H3;1-4H2;;;2*1H;;;;;;/q;;;;;;;+1;+2;;;;-1/p-2. The number of ether oxygens (including phenoxy) is 2. The van der Waals surface area contributed by atoms with E-state index in [1.54, 1.807) is 0 Å². The molecule has 7 nitrogen and oxygen atoms in total. The van der Waals surface area contributed by atoms with E-state index < -0.39 is 0 Å². The van der Waals surface area contributed by atoms with Crippen LogP contribution in [-0.4, -0.2) is 98.9 Å². The van der Waals surface area contributed by atoms with Crippen molar-refractivity contribution in [3.63, 3.8) is 0 Å². The van der Waals surface area contributed by atoms with Crippen molar-refractivity contribution >= 4 is 101 Å². The second-order valence-corrected chi connectivity index (χ2v) is 23.3. The Hall–Kier alpha value is 2.18. The molecular formula is C33H56AlI4LiN4O3V. The molecule has 5 rings (SSSR count). The van der Waals surface area contributed by atoms with Crippen molar-refractivity contribution < 1.29 is 44.0 Å². The molecule has 2 N–H and O–H groups in total. The Morgan fingerprint density at radius 1 is 0.872 bits per heavy atom. The number of likely N-dealkylation sites (N-methyl/N-ethyl adjacent to an activating group) is 1. The fourth-order valence-corrected chi connectivity index (χ4v) is 5.53. The van der Waals surface area contributed by atoms with E-state index in [4.69, 9.17) is 4.74 Å². The van der Waals surface area contributed by atoms with Crippen LogP contribution in [0.25, 0.3) is 0 Å². The zero-order valence-corrected chi connectivity index (χ0v) is 38.2. The Balaban J connectivity index is -0.000000632. The third-order valence-electron chi connectivity index (χ3n) is 8.27. The van der Waals surface area contributed by atoms with Gasteiger partial charge in [0.1, 0.15) is 0 Å². The molecule has 14 heteroatoms. The van der Waals surface area contributed by atoms with Crippen LogP contribution < -0.4 is 29.5 Å². The van der Waals surface area contributed by atoms with Gasteiger partial charge in [-0.2, -0.15) is 0 Å². The molecule has 2 aromatic rings. The minimum atomic E-state index is -0.335. The van der Waals surface area contributed by atoms with E-state index in [0.29, 0.717) is 21.4 Å². The van der Waals surface area contributed by atoms with Crippen molar-refractivity contribution in [1.29, 1.82) is 0 Å². The van der Waals surface area contributed by atoms with E-state index in [2.05, 4.69) is 178 Å². The van der Waals surface area contributed by atoms with Crippen LogP contribution in [0.3, 0.4) is 0 Å². The zero-order chi connectivity index (χ0) is 33.3. The second-order valence-electron chi connectivity index (χ2n) is 11.5. The summed E-state index contributed by atoms with van der Waals surface area (Å²) in [6.07, 6.45) is 4.62. The number of hydrogen-bond acceptors (Lipinski definition) is 6. The van der Waals surface area contributed by atoms with Gasteiger partial charge in [0.15, 0.2) is 17.4 Å². The van der Waals surface area contributed by atoms with Gasteiger partial charge in [-0.3, -0.25) is 9.80 Å². The first-order chi connectivity index (χ1) is 21.9. The molecule has 0 aliphatic carbocycles. The Labute approximate surface area is 362 Å². The number of halogens is 4. The molecule has 3 heterocycles. The van der Waals surface area contributed by atoms with Crippen molar-refractivity contribution in [2.75, 3.05) is 53.6 Å². The van der Waals surface area contributed by atoms with Crippen molar-refractivity contribution in [1.82, 2.24) is 20.4 Å². The number of nitrogens with one attached hydrogen (secondary N) is 2. The number of carbonyl (C=O) groups is 1. The van der Waals surface area contributed by atoms with Crippen LogP contribution in [0, 0.1) is 11.8 Å². The zero-order valence-electron chi connectivity index (χ0n) is 29.1. The van der Waals surface area contributed by atoms with Crippen molar-refractivity contribution in [2.45, 2.75) is 64.7 Å². The van der Waals surface area contributed by atoms with E-state index in [-0.39, 0.29) is 49.8 Å². The number of hydrogen-bond donors (Lipinski definition) is 2. The van der Waals surface area contributed by atoms with Crippen molar-refractivity contribution in [2.24, 2.45) is 11.8 Å². The summed E-state index contributed by atoms with van der Waals surface area (Å²) in [4.78, 5) is 16.3. The fourth-order valence-electron chi connectivity index (χ4n) is 5.53. The summed E-state index contributed by atoms with van der Waals surface area (Å²) in [7, 11) is 4.11. The molecule has 263 valence electrons. The number of rotatable bonds is 6. The third-order valence-corrected chi connectivity index (χ3v) is 8.27. The maximum absolute atomic E-state index is 11.3. The summed E-state index contributed by atoms with van der Waals surface area (Å²) in [6.45, 7) is 12.9. The van der Waals surface area contributed by atoms with E-state index >= 15 is 0 Å². The van der Waals surface area contributed by atoms with Crippen LogP contribution >= 0.6 is 77.2 Å². The molecule has 0 bridgehead atoms. The Morgan fingerprint density at radius 3 is 1.64 bits per heavy atom. The minimum absolute atomic E-state index is 0. The number of amides is 1. The molecule has 3 aliphatic rings. The average Bonchev–Trinajstić information content (AvgIpc) is 3.67. The molecule has 0 radical (unpaired) electrons. The molecule has 0 aromatic heterocycles. The van der Waals surface area contributed by atoms with E-state index in [1.807, 2.05) is 6.07 Å². The number of nitrogens with zero attached hydrogens (tertiary/aromatic N) is 2. The minimum Gasteiger partial charge on any atom is 1.00 e. The van der Waals surface area contributed by atoms with Crippen LogP contribution in [-0.2, 0) is 32.0 Å². The first-order valence-electron chi connectivity index (χ1n) is 15.6. The molecule has 0 saturated carbocycles. The normalized spacial score (nSPS) is 21.8. The second kappa shape index (κ2) is 34.0. The number of likely N-dealkylation sites (tertiary alicyclic amines) is 2. The Kier molecular flexibility index (Phi) is 37.1. The first-order valence-corrected chi connectivity index (χ1v) is 30.9. The summed E-state index contributed by atoms with van der Waals surface area (Å²) in [6, 6.07) is 22.0. The summed E-state index contributed by atoms with van der Waals surface area (Å²) in [5, 5.41) is 6.36. The summed E-state index contributed by atoms with van der Waals surface area (Å²) >= 11 is 8.98. The number of alkyl carbamates (subject to hydrolysis) is 1. The quantitative estimate of drug-likeness (QED) is 0.325. The van der Waals surface area contributed by atoms with Crippen LogP contribution in [0.2, 0.25) is 0 Å². The summed E-state index contributed by atoms with van der Waals surface area (Å²) in [5.41, 5.74) is 2.74. The molecular weight excluding hydrogens is 1090 g/mol. The predicted octanol–water partition coefficient (Wildman–Crippen LogP) is 4.64. The van der Waals surface area contributed by atoms with E-state index in [9.17, 15) is 4.79 Å². The van der Waals surface area contributed by atoms with Crippen LogP contribution in [0.4, 0.5) is 4.79 Å². The van der Waals surface area contributed by atoms with Gasteiger partial charge >= 0.3 is 74.4 Å². The van der Waals surface area contributed by atoms with Gasteiger partial charge < -0.3 is 21.5 Å². The van der Waals surface area contributed by atoms with Crippen LogP contribution in [0.1, 0.15) is 52.1 Å². The molecule has 3 saturated heterocycles. The SMILES string of the molecule is C1CCOC1.CNC1CN(Cc2ccccc2)CCC1C.COC(=O)NC1CN(Cc2ccccc2)CCC1C.II.[AlH3].[H-].[I][V][I].[Li+]. The van der Waals surface area contributed by atoms with E-state index in [0.717, 1.165) is 51.7 Å². The molecule has 0 spiro atoms. The summed E-state index contributed by atoms with van der Waals surface area (Å²) in [5.74, 6) is 1.29. The smallest absolute Gasteiger partial charge is 1.00 e. The first kappa shape index (κ1) is 51.3. The monoisotopic (exact) mass is 1150 g/mol. The van der Waals surface area contributed by atoms with E-state index in [1.165, 1.54) is 50.6 Å². The summed E-state index contributed by atoms with van der Waals surface area (Å²) < 4.78 is 9.63. The number of methoxy groups -OCH3 is 1. The molecule has 47 heavy (non-hydrogen) atoms. The molecule has 4 unspecified atom stereocenters. The molecule has 4 atom stereocenters. The van der Waals surface area contributed by atoms with Crippen molar-refractivity contribution in [3.05, 3.63) is 71.8 Å². The van der Waals surface area contributed by atoms with Crippen LogP contribution in [0.5, 0.6) is 0 Å². The maximum Gasteiger partial charge on any atom is 1.00 e. The number of piperidine rings is 2. The number of benzene rings is 2. The third kappa shape index (κ3) is 24.2. The van der Waals surface area contributed by atoms with Gasteiger partial charge in [-0.05, 0) is 68.8 Å². The fraction of sp³-hybridized carbons (Fsp3) is 0.606. The Bertz CT molecular complexity index is 996. The molecule has 3 fully saturated rings. The van der Waals surface area contributed by atoms with Gasteiger partial charge in [0.25, 0.3) is 0 Å².